The monoisotopic (exact) mass is 292 g/mol. The van der Waals surface area contributed by atoms with E-state index in [9.17, 15) is 0 Å². The van der Waals surface area contributed by atoms with Crippen molar-refractivity contribution in [1.82, 2.24) is 9.97 Å². The molecule has 1 aromatic heterocycles. The molecule has 0 aliphatic carbocycles. The summed E-state index contributed by atoms with van der Waals surface area (Å²) >= 11 is 3.37. The molecule has 1 saturated heterocycles. The maximum atomic E-state index is 5.82. The number of ether oxygens (including phenoxy) is 1. The third kappa shape index (κ3) is 2.19. The van der Waals surface area contributed by atoms with Crippen molar-refractivity contribution < 1.29 is 4.74 Å². The lowest BCUT2D eigenvalue weighted by Gasteiger charge is -2.23. The molecule has 0 bridgehead atoms. The minimum absolute atomic E-state index is 0.118. The summed E-state index contributed by atoms with van der Waals surface area (Å²) in [4.78, 5) is 8.89. The first-order valence-electron chi connectivity index (χ1n) is 5.88. The van der Waals surface area contributed by atoms with Crippen LogP contribution in [0.15, 0.2) is 29.0 Å². The van der Waals surface area contributed by atoms with Crippen molar-refractivity contribution in [2.24, 2.45) is 0 Å². The van der Waals surface area contributed by atoms with Crippen LogP contribution in [0.4, 0.5) is 0 Å². The number of halogens is 1. The molecule has 17 heavy (non-hydrogen) atoms. The molecule has 0 spiro atoms. The Kier molecular flexibility index (Phi) is 3.07. The van der Waals surface area contributed by atoms with E-state index in [1.165, 1.54) is 6.42 Å². The van der Waals surface area contributed by atoms with Crippen molar-refractivity contribution in [2.45, 2.75) is 25.4 Å². The number of hydrogen-bond donors (Lipinski definition) is 0. The zero-order valence-electron chi connectivity index (χ0n) is 9.40. The third-order valence-corrected chi connectivity index (χ3v) is 3.44. The van der Waals surface area contributed by atoms with E-state index in [-0.39, 0.29) is 6.10 Å². The van der Waals surface area contributed by atoms with Gasteiger partial charge in [-0.25, -0.2) is 9.97 Å². The maximum absolute atomic E-state index is 5.82. The summed E-state index contributed by atoms with van der Waals surface area (Å²) in [5.41, 5.74) is 1.99. The number of hydrogen-bond acceptors (Lipinski definition) is 3. The fourth-order valence-electron chi connectivity index (χ4n) is 2.27. The highest BCUT2D eigenvalue weighted by molar-refractivity contribution is 9.10. The van der Waals surface area contributed by atoms with Crippen LogP contribution >= 0.6 is 15.9 Å². The van der Waals surface area contributed by atoms with Gasteiger partial charge in [0.15, 0.2) is 4.73 Å². The second-order valence-corrected chi connectivity index (χ2v) is 4.96. The zero-order chi connectivity index (χ0) is 11.7. The Morgan fingerprint density at radius 1 is 1.18 bits per heavy atom. The van der Waals surface area contributed by atoms with Gasteiger partial charge in [-0.15, -0.1) is 0 Å². The first-order chi connectivity index (χ1) is 8.34. The Hall–Kier alpha value is -1.00. The SMILES string of the molecule is Brc1nc(C2CCCCO2)c2ccccc2n1. The number of para-hydroxylation sites is 1. The van der Waals surface area contributed by atoms with Gasteiger partial charge in [0.05, 0.1) is 11.2 Å². The smallest absolute Gasteiger partial charge is 0.197 e. The van der Waals surface area contributed by atoms with E-state index in [1.54, 1.807) is 0 Å². The van der Waals surface area contributed by atoms with E-state index in [0.717, 1.165) is 36.0 Å². The first-order valence-corrected chi connectivity index (χ1v) is 6.68. The predicted octanol–water partition coefficient (Wildman–Crippen LogP) is 3.63. The molecular weight excluding hydrogens is 280 g/mol. The number of aromatic nitrogens is 2. The molecule has 1 fully saturated rings. The van der Waals surface area contributed by atoms with Crippen LogP contribution in [0.5, 0.6) is 0 Å². The summed E-state index contributed by atoms with van der Waals surface area (Å²) in [5.74, 6) is 0. The molecule has 1 aromatic carbocycles. The minimum atomic E-state index is 0.118. The van der Waals surface area contributed by atoms with Crippen LogP contribution in [0.2, 0.25) is 0 Å². The normalized spacial score (nSPS) is 20.6. The van der Waals surface area contributed by atoms with Gasteiger partial charge >= 0.3 is 0 Å². The fourth-order valence-corrected chi connectivity index (χ4v) is 2.66. The molecule has 0 saturated carbocycles. The molecule has 0 N–H and O–H groups in total. The molecule has 2 aromatic rings. The number of fused-ring (bicyclic) bond motifs is 1. The Bertz CT molecular complexity index is 538. The topological polar surface area (TPSA) is 35.0 Å². The Morgan fingerprint density at radius 2 is 2.06 bits per heavy atom. The lowest BCUT2D eigenvalue weighted by atomic mass is 10.0. The lowest BCUT2D eigenvalue weighted by molar-refractivity contribution is 0.0131. The highest BCUT2D eigenvalue weighted by Crippen LogP contribution is 2.31. The van der Waals surface area contributed by atoms with Gasteiger partial charge in [-0.1, -0.05) is 18.2 Å². The number of benzene rings is 1. The molecule has 1 aliphatic rings. The molecule has 4 heteroatoms. The molecule has 1 atom stereocenters. The molecule has 3 nitrogen and oxygen atoms in total. The summed E-state index contributed by atoms with van der Waals surface area (Å²) in [6.07, 6.45) is 3.53. The van der Waals surface area contributed by atoms with Crippen molar-refractivity contribution in [3.05, 3.63) is 34.7 Å². The second-order valence-electron chi connectivity index (χ2n) is 4.25. The van der Waals surface area contributed by atoms with Gasteiger partial charge in [0.25, 0.3) is 0 Å². The van der Waals surface area contributed by atoms with Gasteiger partial charge in [0.1, 0.15) is 6.10 Å². The largest absolute Gasteiger partial charge is 0.372 e. The van der Waals surface area contributed by atoms with Crippen LogP contribution < -0.4 is 0 Å². The molecule has 0 radical (unpaired) electrons. The molecule has 3 rings (SSSR count). The van der Waals surface area contributed by atoms with Crippen molar-refractivity contribution >= 4 is 26.8 Å². The van der Waals surface area contributed by atoms with Crippen LogP contribution in [0.3, 0.4) is 0 Å². The number of rotatable bonds is 1. The van der Waals surface area contributed by atoms with Gasteiger partial charge in [-0.2, -0.15) is 0 Å². The maximum Gasteiger partial charge on any atom is 0.197 e. The average Bonchev–Trinajstić information content (AvgIpc) is 2.39. The van der Waals surface area contributed by atoms with Gasteiger partial charge < -0.3 is 4.74 Å². The molecule has 88 valence electrons. The van der Waals surface area contributed by atoms with E-state index >= 15 is 0 Å². The van der Waals surface area contributed by atoms with E-state index in [1.807, 2.05) is 18.2 Å². The van der Waals surface area contributed by atoms with Gasteiger partial charge in [-0.3, -0.25) is 0 Å². The molecular formula is C13H13BrN2O. The molecule has 1 unspecified atom stereocenters. The van der Waals surface area contributed by atoms with Crippen molar-refractivity contribution in [3.8, 4) is 0 Å². The Morgan fingerprint density at radius 3 is 2.88 bits per heavy atom. The standard InChI is InChI=1S/C13H13BrN2O/c14-13-15-10-6-2-1-5-9(10)12(16-13)11-7-3-4-8-17-11/h1-2,5-6,11H,3-4,7-8H2. The average molecular weight is 293 g/mol. The predicted molar refractivity (Wildman–Crippen MR) is 69.8 cm³/mol. The van der Waals surface area contributed by atoms with Crippen molar-refractivity contribution in [1.29, 1.82) is 0 Å². The van der Waals surface area contributed by atoms with Crippen LogP contribution in [-0.4, -0.2) is 16.6 Å². The lowest BCUT2D eigenvalue weighted by Crippen LogP contribution is -2.13. The van der Waals surface area contributed by atoms with Crippen LogP contribution in [-0.2, 0) is 4.74 Å². The van der Waals surface area contributed by atoms with E-state index in [4.69, 9.17) is 4.74 Å². The van der Waals surface area contributed by atoms with Crippen LogP contribution in [0, 0.1) is 0 Å². The Labute approximate surface area is 108 Å². The Balaban J connectivity index is 2.13. The summed E-state index contributed by atoms with van der Waals surface area (Å²) in [6.45, 7) is 0.834. The highest BCUT2D eigenvalue weighted by Gasteiger charge is 2.20. The quantitative estimate of drug-likeness (QED) is 0.753. The van der Waals surface area contributed by atoms with E-state index in [2.05, 4.69) is 32.0 Å². The number of nitrogens with zero attached hydrogens (tertiary/aromatic N) is 2. The van der Waals surface area contributed by atoms with Crippen LogP contribution in [0.1, 0.15) is 31.1 Å². The molecule has 2 heterocycles. The highest BCUT2D eigenvalue weighted by atomic mass is 79.9. The fraction of sp³-hybridized carbons (Fsp3) is 0.385. The summed E-state index contributed by atoms with van der Waals surface area (Å²) in [6, 6.07) is 8.09. The first kappa shape index (κ1) is 11.1. The summed E-state index contributed by atoms with van der Waals surface area (Å²) in [5, 5.41) is 1.10. The van der Waals surface area contributed by atoms with E-state index < -0.39 is 0 Å². The third-order valence-electron chi connectivity index (χ3n) is 3.09. The van der Waals surface area contributed by atoms with E-state index in [0.29, 0.717) is 4.73 Å². The molecule has 0 amide bonds. The minimum Gasteiger partial charge on any atom is -0.372 e. The second kappa shape index (κ2) is 4.70. The van der Waals surface area contributed by atoms with Crippen LogP contribution in [0.25, 0.3) is 10.9 Å². The van der Waals surface area contributed by atoms with Gasteiger partial charge in [0.2, 0.25) is 0 Å². The van der Waals surface area contributed by atoms with Crippen molar-refractivity contribution in [2.75, 3.05) is 6.61 Å². The zero-order valence-corrected chi connectivity index (χ0v) is 11.0. The molecule has 1 aliphatic heterocycles. The van der Waals surface area contributed by atoms with Gasteiger partial charge in [0, 0.05) is 12.0 Å². The summed E-state index contributed by atoms with van der Waals surface area (Å²) in [7, 11) is 0. The summed E-state index contributed by atoms with van der Waals surface area (Å²) < 4.78 is 6.46. The van der Waals surface area contributed by atoms with Gasteiger partial charge in [-0.05, 0) is 41.3 Å². The van der Waals surface area contributed by atoms with Crippen molar-refractivity contribution in [3.63, 3.8) is 0 Å².